The Bertz CT molecular complexity index is 1250. The summed E-state index contributed by atoms with van der Waals surface area (Å²) in [6, 6.07) is 10.0. The Morgan fingerprint density at radius 2 is 0.880 bits per heavy atom. The second kappa shape index (κ2) is 24.1. The predicted octanol–water partition coefficient (Wildman–Crippen LogP) is 7.96. The number of phenols is 2. The number of aryl methyl sites for hydroxylation is 2. The summed E-state index contributed by atoms with van der Waals surface area (Å²) >= 11 is 0. The summed E-state index contributed by atoms with van der Waals surface area (Å²) in [5.41, 5.74) is 11.9. The van der Waals surface area contributed by atoms with E-state index in [1.807, 2.05) is 26.0 Å². The third-order valence-corrected chi connectivity index (χ3v) is 9.23. The molecule has 50 heavy (non-hydrogen) atoms. The number of rotatable bonds is 23. The van der Waals surface area contributed by atoms with Crippen molar-refractivity contribution in [3.63, 3.8) is 0 Å². The van der Waals surface area contributed by atoms with Gasteiger partial charge in [-0.15, -0.1) is 0 Å². The van der Waals surface area contributed by atoms with Crippen LogP contribution in [0.25, 0.3) is 0 Å². The number of carbonyl (C=O) groups is 4. The van der Waals surface area contributed by atoms with Crippen LogP contribution in [0.5, 0.6) is 11.5 Å². The number of carbonyl (C=O) groups excluding carboxylic acids is 4. The molecule has 6 N–H and O–H groups in total. The first-order valence-corrected chi connectivity index (χ1v) is 19.0. The molecule has 0 heterocycles. The highest BCUT2D eigenvalue weighted by Crippen LogP contribution is 2.24. The van der Waals surface area contributed by atoms with Gasteiger partial charge in [-0.25, -0.2) is 0 Å². The average molecular weight is 695 g/mol. The first-order valence-electron chi connectivity index (χ1n) is 19.0. The minimum Gasteiger partial charge on any atom is -0.507 e. The lowest BCUT2D eigenvalue weighted by Crippen LogP contribution is -2.46. The smallest absolute Gasteiger partial charge is 0.273 e. The van der Waals surface area contributed by atoms with Crippen molar-refractivity contribution in [1.82, 2.24) is 21.7 Å². The van der Waals surface area contributed by atoms with Gasteiger partial charge in [-0.05, 0) is 86.8 Å². The van der Waals surface area contributed by atoms with E-state index in [0.717, 1.165) is 62.5 Å². The van der Waals surface area contributed by atoms with Crippen LogP contribution in [0.4, 0.5) is 0 Å². The van der Waals surface area contributed by atoms with Crippen LogP contribution < -0.4 is 21.7 Å². The summed E-state index contributed by atoms with van der Waals surface area (Å²) in [7, 11) is 0. The lowest BCUT2D eigenvalue weighted by Gasteiger charge is -2.21. The monoisotopic (exact) mass is 694 g/mol. The van der Waals surface area contributed by atoms with Gasteiger partial charge in [0.15, 0.2) is 0 Å². The SMILES string of the molecule is CCCCCCCc1ccc(C(=O)NNC(=O)C(CCC)CCC(CCC)C(=O)NNC(=O)c2ccc(CCCCCCC)cc2O)c(O)c1. The molecule has 0 fully saturated rings. The first kappa shape index (κ1) is 42.1. The Morgan fingerprint density at radius 3 is 1.22 bits per heavy atom. The van der Waals surface area contributed by atoms with Gasteiger partial charge < -0.3 is 10.2 Å². The van der Waals surface area contributed by atoms with Crippen molar-refractivity contribution < 1.29 is 29.4 Å². The maximum absolute atomic E-state index is 13.1. The van der Waals surface area contributed by atoms with Gasteiger partial charge in [0, 0.05) is 11.8 Å². The molecule has 2 aromatic carbocycles. The lowest BCUT2D eigenvalue weighted by atomic mass is 9.89. The van der Waals surface area contributed by atoms with Crippen LogP contribution in [-0.2, 0) is 22.4 Å². The minimum absolute atomic E-state index is 0.0795. The third-order valence-electron chi connectivity index (χ3n) is 9.23. The zero-order valence-corrected chi connectivity index (χ0v) is 30.9. The quantitative estimate of drug-likeness (QED) is 0.0512. The van der Waals surface area contributed by atoms with Gasteiger partial charge in [0.25, 0.3) is 11.8 Å². The zero-order chi connectivity index (χ0) is 36.7. The molecule has 10 heteroatoms. The van der Waals surface area contributed by atoms with E-state index in [9.17, 15) is 29.4 Å². The second-order valence-corrected chi connectivity index (χ2v) is 13.5. The number of hydrogen-bond acceptors (Lipinski definition) is 6. The van der Waals surface area contributed by atoms with Gasteiger partial charge in [-0.2, -0.15) is 0 Å². The van der Waals surface area contributed by atoms with Crippen LogP contribution in [0.2, 0.25) is 0 Å². The molecular formula is C40H62N4O6. The molecule has 0 aliphatic carbocycles. The molecule has 0 spiro atoms. The lowest BCUT2D eigenvalue weighted by molar-refractivity contribution is -0.128. The molecule has 0 aliphatic heterocycles. The molecule has 0 saturated heterocycles. The van der Waals surface area contributed by atoms with Gasteiger partial charge >= 0.3 is 0 Å². The van der Waals surface area contributed by atoms with Crippen LogP contribution in [0, 0.1) is 11.8 Å². The Kier molecular flexibility index (Phi) is 20.3. The Morgan fingerprint density at radius 1 is 0.500 bits per heavy atom. The van der Waals surface area contributed by atoms with Gasteiger partial charge in [-0.1, -0.05) is 104 Å². The molecule has 2 unspecified atom stereocenters. The molecule has 278 valence electrons. The van der Waals surface area contributed by atoms with Gasteiger partial charge in [0.05, 0.1) is 11.1 Å². The number of unbranched alkanes of at least 4 members (excludes halogenated alkanes) is 8. The van der Waals surface area contributed by atoms with Crippen LogP contribution in [0.1, 0.15) is 162 Å². The van der Waals surface area contributed by atoms with Crippen LogP contribution in [-0.4, -0.2) is 33.8 Å². The molecule has 0 aliphatic rings. The number of hydrogen-bond donors (Lipinski definition) is 6. The number of nitrogens with one attached hydrogen (secondary N) is 4. The maximum atomic E-state index is 13.1. The summed E-state index contributed by atoms with van der Waals surface area (Å²) in [5, 5.41) is 21.0. The van der Waals surface area contributed by atoms with Crippen molar-refractivity contribution in [2.75, 3.05) is 0 Å². The molecule has 0 aromatic heterocycles. The van der Waals surface area contributed by atoms with E-state index in [-0.39, 0.29) is 34.4 Å². The number of hydrazine groups is 2. The molecule has 2 rings (SSSR count). The fourth-order valence-electron chi connectivity index (χ4n) is 6.20. The normalized spacial score (nSPS) is 12.2. The van der Waals surface area contributed by atoms with Crippen molar-refractivity contribution in [2.45, 2.75) is 143 Å². The van der Waals surface area contributed by atoms with E-state index in [1.54, 1.807) is 24.3 Å². The van der Waals surface area contributed by atoms with E-state index in [0.29, 0.717) is 25.7 Å². The molecule has 2 aromatic rings. The highest BCUT2D eigenvalue weighted by molar-refractivity contribution is 5.98. The number of benzene rings is 2. The van der Waals surface area contributed by atoms with Crippen molar-refractivity contribution in [1.29, 1.82) is 0 Å². The molecule has 10 nitrogen and oxygen atoms in total. The van der Waals surface area contributed by atoms with Crippen LogP contribution in [0.3, 0.4) is 0 Å². The van der Waals surface area contributed by atoms with Crippen molar-refractivity contribution in [3.05, 3.63) is 58.7 Å². The van der Waals surface area contributed by atoms with E-state index in [2.05, 4.69) is 35.6 Å². The van der Waals surface area contributed by atoms with Gasteiger partial charge in [0.1, 0.15) is 11.5 Å². The third kappa shape index (κ3) is 15.2. The number of aromatic hydroxyl groups is 2. The van der Waals surface area contributed by atoms with Gasteiger partial charge in [-0.3, -0.25) is 40.9 Å². The van der Waals surface area contributed by atoms with Gasteiger partial charge in [0.2, 0.25) is 11.8 Å². The molecule has 2 atom stereocenters. The Hall–Kier alpha value is -4.08. The van der Waals surface area contributed by atoms with Crippen LogP contribution in [0.15, 0.2) is 36.4 Å². The van der Waals surface area contributed by atoms with Crippen molar-refractivity contribution >= 4 is 23.6 Å². The Labute approximate surface area is 299 Å². The molecule has 0 saturated carbocycles. The summed E-state index contributed by atoms with van der Waals surface area (Å²) in [6.45, 7) is 8.27. The molecule has 0 bridgehead atoms. The van der Waals surface area contributed by atoms with Crippen LogP contribution >= 0.6 is 0 Å². The first-order chi connectivity index (χ1) is 24.1. The van der Waals surface area contributed by atoms with Crippen molar-refractivity contribution in [2.24, 2.45) is 11.8 Å². The van der Waals surface area contributed by atoms with E-state index in [1.165, 1.54) is 38.5 Å². The predicted molar refractivity (Wildman–Crippen MR) is 198 cm³/mol. The molecule has 0 radical (unpaired) electrons. The summed E-state index contributed by atoms with van der Waals surface area (Å²) in [5.74, 6) is -3.12. The molecule has 4 amide bonds. The highest BCUT2D eigenvalue weighted by Gasteiger charge is 2.25. The van der Waals surface area contributed by atoms with Crippen molar-refractivity contribution in [3.8, 4) is 11.5 Å². The topological polar surface area (TPSA) is 157 Å². The van der Waals surface area contributed by atoms with E-state index < -0.39 is 23.7 Å². The minimum atomic E-state index is -0.609. The van der Waals surface area contributed by atoms with E-state index in [4.69, 9.17) is 0 Å². The average Bonchev–Trinajstić information content (AvgIpc) is 3.10. The largest absolute Gasteiger partial charge is 0.507 e. The standard InChI is InChI=1S/C40H62N4O6/c1-5-9-11-13-15-19-29-21-25-33(35(45)27-29)39(49)43-41-37(47)31(17-7-3)23-24-32(18-8-4)38(48)42-44-40(50)34-26-22-30(28-36(34)46)20-16-14-12-10-6-2/h21-22,25-28,31-32,45-46H,5-20,23-24H2,1-4H3,(H,41,47)(H,42,48)(H,43,49)(H,44,50). The number of phenolic OH excluding ortho intramolecular Hbond substituents is 2. The molecular weight excluding hydrogens is 632 g/mol. The summed E-state index contributed by atoms with van der Waals surface area (Å²) in [6.07, 6.45) is 16.5. The van der Waals surface area contributed by atoms with E-state index >= 15 is 0 Å². The number of amides is 4. The maximum Gasteiger partial charge on any atom is 0.273 e. The summed E-state index contributed by atoms with van der Waals surface area (Å²) < 4.78 is 0. The zero-order valence-electron chi connectivity index (χ0n) is 30.9. The Balaban J connectivity index is 1.88. The fraction of sp³-hybridized carbons (Fsp3) is 0.600. The second-order valence-electron chi connectivity index (χ2n) is 13.5. The summed E-state index contributed by atoms with van der Waals surface area (Å²) in [4.78, 5) is 51.8. The highest BCUT2D eigenvalue weighted by atomic mass is 16.3. The fourth-order valence-corrected chi connectivity index (χ4v) is 6.20.